The number of benzene rings is 1. The van der Waals surface area contributed by atoms with Crippen LogP contribution in [0.4, 0.5) is 13.2 Å². The molecular weight excluding hydrogens is 267 g/mol. The fourth-order valence-corrected chi connectivity index (χ4v) is 2.84. The van der Waals surface area contributed by atoms with Crippen LogP contribution >= 0.6 is 0 Å². The van der Waals surface area contributed by atoms with Crippen molar-refractivity contribution >= 4 is 0 Å². The van der Waals surface area contributed by atoms with Crippen LogP contribution in [0.5, 0.6) is 0 Å². The minimum absolute atomic E-state index is 0.169. The summed E-state index contributed by atoms with van der Waals surface area (Å²) in [6.07, 6.45) is -1.51. The van der Waals surface area contributed by atoms with Gasteiger partial charge in [0.2, 0.25) is 0 Å². The summed E-state index contributed by atoms with van der Waals surface area (Å²) in [6, 6.07) is 7.96. The molecule has 2 aromatic rings. The first-order valence-corrected chi connectivity index (χ1v) is 6.25. The van der Waals surface area contributed by atoms with Gasteiger partial charge in [-0.25, -0.2) is 0 Å². The second-order valence-electron chi connectivity index (χ2n) is 4.94. The molecule has 0 aliphatic heterocycles. The monoisotopic (exact) mass is 279 g/mol. The van der Waals surface area contributed by atoms with Gasteiger partial charge in [-0.05, 0) is 30.0 Å². The average molecular weight is 279 g/mol. The maximum Gasteiger partial charge on any atom is 0.416 e. The maximum atomic E-state index is 13.1. The molecule has 1 heterocycles. The van der Waals surface area contributed by atoms with E-state index in [-0.39, 0.29) is 12.0 Å². The van der Waals surface area contributed by atoms with Crippen LogP contribution in [0.3, 0.4) is 0 Å². The van der Waals surface area contributed by atoms with Gasteiger partial charge in [0.15, 0.2) is 0 Å². The summed E-state index contributed by atoms with van der Waals surface area (Å²) in [6.45, 7) is 0. The number of aromatic nitrogens is 1. The van der Waals surface area contributed by atoms with E-state index >= 15 is 0 Å². The molecule has 1 aromatic heterocycles. The highest BCUT2D eigenvalue weighted by atomic mass is 19.4. The van der Waals surface area contributed by atoms with Crippen LogP contribution in [0.1, 0.15) is 28.7 Å². The van der Waals surface area contributed by atoms with Crippen LogP contribution in [0.15, 0.2) is 42.7 Å². The molecule has 0 saturated carbocycles. The van der Waals surface area contributed by atoms with E-state index in [1.54, 1.807) is 12.1 Å². The Labute approximate surface area is 113 Å². The summed E-state index contributed by atoms with van der Waals surface area (Å²) in [5.74, 6) is 0. The van der Waals surface area contributed by atoms with Crippen molar-refractivity contribution in [2.45, 2.75) is 24.6 Å². The van der Waals surface area contributed by atoms with Crippen molar-refractivity contribution in [3.05, 3.63) is 65.0 Å². The molecule has 1 unspecified atom stereocenters. The van der Waals surface area contributed by atoms with Crippen molar-refractivity contribution in [3.8, 4) is 0 Å². The molecule has 104 valence electrons. The zero-order valence-electron chi connectivity index (χ0n) is 10.5. The van der Waals surface area contributed by atoms with Gasteiger partial charge < -0.3 is 5.11 Å². The normalized spacial score (nSPS) is 21.8. The van der Waals surface area contributed by atoms with Crippen molar-refractivity contribution in [1.82, 2.24) is 4.98 Å². The molecule has 0 amide bonds. The average Bonchev–Trinajstić information content (AvgIpc) is 2.77. The van der Waals surface area contributed by atoms with Crippen molar-refractivity contribution in [3.63, 3.8) is 0 Å². The summed E-state index contributed by atoms with van der Waals surface area (Å²) in [5.41, 5.74) is -1.19. The summed E-state index contributed by atoms with van der Waals surface area (Å²) in [7, 11) is 0. The zero-order chi connectivity index (χ0) is 14.4. The van der Waals surface area contributed by atoms with Crippen LogP contribution in [0.2, 0.25) is 0 Å². The lowest BCUT2D eigenvalue weighted by molar-refractivity contribution is -0.140. The molecular formula is C15H12F3NO. The van der Waals surface area contributed by atoms with Gasteiger partial charge in [0.25, 0.3) is 0 Å². The Morgan fingerprint density at radius 3 is 2.60 bits per heavy atom. The van der Waals surface area contributed by atoms with Crippen molar-refractivity contribution < 1.29 is 18.3 Å². The van der Waals surface area contributed by atoms with E-state index in [1.165, 1.54) is 0 Å². The number of hydrogen-bond acceptors (Lipinski definition) is 2. The second kappa shape index (κ2) is 4.31. The van der Waals surface area contributed by atoms with Crippen LogP contribution < -0.4 is 0 Å². The molecule has 3 rings (SSSR count). The Kier molecular flexibility index (Phi) is 2.83. The Bertz CT molecular complexity index is 654. The Balaban J connectivity index is 2.20. The summed E-state index contributed by atoms with van der Waals surface area (Å²) >= 11 is 0. The highest BCUT2D eigenvalue weighted by Crippen LogP contribution is 2.45. The van der Waals surface area contributed by atoms with Gasteiger partial charge in [-0.2, -0.15) is 13.2 Å². The first-order valence-electron chi connectivity index (χ1n) is 6.25. The first kappa shape index (κ1) is 13.1. The molecule has 20 heavy (non-hydrogen) atoms. The molecule has 0 spiro atoms. The number of nitrogens with zero attached hydrogens (tertiary/aromatic N) is 1. The number of halogens is 3. The van der Waals surface area contributed by atoms with E-state index < -0.39 is 17.3 Å². The van der Waals surface area contributed by atoms with Crippen molar-refractivity contribution in [2.75, 3.05) is 0 Å². The first-order chi connectivity index (χ1) is 9.43. The highest BCUT2D eigenvalue weighted by Gasteiger charge is 2.44. The van der Waals surface area contributed by atoms with Crippen molar-refractivity contribution in [1.29, 1.82) is 0 Å². The van der Waals surface area contributed by atoms with Gasteiger partial charge in [-0.3, -0.25) is 4.98 Å². The van der Waals surface area contributed by atoms with E-state index in [0.29, 0.717) is 12.0 Å². The van der Waals surface area contributed by atoms with Gasteiger partial charge in [0, 0.05) is 18.0 Å². The predicted molar refractivity (Wildman–Crippen MR) is 67.0 cm³/mol. The molecule has 2 nitrogen and oxygen atoms in total. The molecule has 0 fully saturated rings. The SMILES string of the molecule is OC1(c2cnccc2C(F)(F)F)CCc2ccccc21. The number of hydrogen-bond donors (Lipinski definition) is 1. The van der Waals surface area contributed by atoms with E-state index in [0.717, 1.165) is 24.0 Å². The molecule has 5 heteroatoms. The predicted octanol–water partition coefficient (Wildman–Crippen LogP) is 3.28. The third kappa shape index (κ3) is 1.89. The molecule has 1 aromatic carbocycles. The lowest BCUT2D eigenvalue weighted by Crippen LogP contribution is -2.28. The lowest BCUT2D eigenvalue weighted by Gasteiger charge is -2.27. The van der Waals surface area contributed by atoms with E-state index in [1.807, 2.05) is 12.1 Å². The number of pyridine rings is 1. The summed E-state index contributed by atoms with van der Waals surface area (Å²) in [5, 5.41) is 10.8. The van der Waals surface area contributed by atoms with E-state index in [2.05, 4.69) is 4.98 Å². The van der Waals surface area contributed by atoms with Gasteiger partial charge in [0.1, 0.15) is 5.60 Å². The fourth-order valence-electron chi connectivity index (χ4n) is 2.84. The van der Waals surface area contributed by atoms with Gasteiger partial charge in [-0.15, -0.1) is 0 Å². The summed E-state index contributed by atoms with van der Waals surface area (Å²) < 4.78 is 39.3. The standard InChI is InChI=1S/C15H12F3NO/c16-15(17,18)12-6-8-19-9-13(12)14(20)7-5-10-3-1-2-4-11(10)14/h1-4,6,8-9,20H,5,7H2. The number of fused-ring (bicyclic) bond motifs is 1. The van der Waals surface area contributed by atoms with Gasteiger partial charge >= 0.3 is 6.18 Å². The van der Waals surface area contributed by atoms with Crippen LogP contribution in [-0.2, 0) is 18.2 Å². The minimum atomic E-state index is -4.51. The Hall–Kier alpha value is -1.88. The Morgan fingerprint density at radius 1 is 1.10 bits per heavy atom. The molecule has 1 atom stereocenters. The Morgan fingerprint density at radius 2 is 1.85 bits per heavy atom. The molecule has 0 bridgehead atoms. The van der Waals surface area contributed by atoms with Crippen molar-refractivity contribution in [2.24, 2.45) is 0 Å². The fraction of sp³-hybridized carbons (Fsp3) is 0.267. The van der Waals surface area contributed by atoms with Crippen LogP contribution in [-0.4, -0.2) is 10.1 Å². The molecule has 1 N–H and O–H groups in total. The molecule has 0 radical (unpaired) electrons. The number of alkyl halides is 3. The smallest absolute Gasteiger partial charge is 0.380 e. The van der Waals surface area contributed by atoms with E-state index in [4.69, 9.17) is 0 Å². The van der Waals surface area contributed by atoms with Gasteiger partial charge in [0.05, 0.1) is 5.56 Å². The van der Waals surface area contributed by atoms with Crippen LogP contribution in [0, 0.1) is 0 Å². The lowest BCUT2D eigenvalue weighted by atomic mass is 9.86. The highest BCUT2D eigenvalue weighted by molar-refractivity contribution is 5.47. The van der Waals surface area contributed by atoms with E-state index in [9.17, 15) is 18.3 Å². The number of rotatable bonds is 1. The zero-order valence-corrected chi connectivity index (χ0v) is 10.5. The third-order valence-corrected chi connectivity index (χ3v) is 3.79. The second-order valence-corrected chi connectivity index (χ2v) is 4.94. The third-order valence-electron chi connectivity index (χ3n) is 3.79. The largest absolute Gasteiger partial charge is 0.416 e. The number of aliphatic hydroxyl groups is 1. The topological polar surface area (TPSA) is 33.1 Å². The molecule has 1 aliphatic rings. The maximum absolute atomic E-state index is 13.1. The molecule has 0 saturated heterocycles. The van der Waals surface area contributed by atoms with Crippen LogP contribution in [0.25, 0.3) is 0 Å². The number of aryl methyl sites for hydroxylation is 1. The quantitative estimate of drug-likeness (QED) is 0.869. The summed E-state index contributed by atoms with van der Waals surface area (Å²) in [4.78, 5) is 3.76. The van der Waals surface area contributed by atoms with Gasteiger partial charge in [-0.1, -0.05) is 24.3 Å². The minimum Gasteiger partial charge on any atom is -0.380 e. The molecule has 1 aliphatic carbocycles.